The van der Waals surface area contributed by atoms with E-state index in [0.717, 1.165) is 48.5 Å². The maximum Gasteiger partial charge on any atom is 0.167 e. The molecule has 1 aliphatic heterocycles. The standard InChI is InChI=1S/C22H25FN4O3/c1-28-16-6-14(7-17(8-16)29-2)11-27-5-4-15(12-27)26-22-18-9-21(30-3)19(23)10-20(18)24-13-25-22/h6-10,13,15H,4-5,11-12H2,1-3H3,(H,24,25,26). The summed E-state index contributed by atoms with van der Waals surface area (Å²) in [7, 11) is 4.76. The van der Waals surface area contributed by atoms with E-state index < -0.39 is 5.82 Å². The molecule has 0 saturated carbocycles. The highest BCUT2D eigenvalue weighted by Gasteiger charge is 2.24. The van der Waals surface area contributed by atoms with Crippen LogP contribution in [0.1, 0.15) is 12.0 Å². The number of hydrogen-bond acceptors (Lipinski definition) is 7. The molecule has 2 heterocycles. The zero-order chi connectivity index (χ0) is 21.1. The monoisotopic (exact) mass is 412 g/mol. The summed E-state index contributed by atoms with van der Waals surface area (Å²) >= 11 is 0. The van der Waals surface area contributed by atoms with Gasteiger partial charge in [0.1, 0.15) is 23.6 Å². The number of methoxy groups -OCH3 is 3. The Hall–Kier alpha value is -3.13. The van der Waals surface area contributed by atoms with Crippen molar-refractivity contribution in [1.82, 2.24) is 14.9 Å². The van der Waals surface area contributed by atoms with E-state index in [1.54, 1.807) is 20.3 Å². The second kappa shape index (κ2) is 8.71. The van der Waals surface area contributed by atoms with Crippen LogP contribution in [0.5, 0.6) is 17.2 Å². The molecular weight excluding hydrogens is 387 g/mol. The van der Waals surface area contributed by atoms with Gasteiger partial charge in [0, 0.05) is 43.2 Å². The molecule has 1 N–H and O–H groups in total. The highest BCUT2D eigenvalue weighted by molar-refractivity contribution is 5.90. The SMILES string of the molecule is COc1cc(CN2CCC(Nc3ncnc4cc(F)c(OC)cc34)C2)cc(OC)c1. The maximum atomic E-state index is 14.0. The van der Waals surface area contributed by atoms with E-state index in [2.05, 4.69) is 20.2 Å². The van der Waals surface area contributed by atoms with Crippen LogP contribution in [-0.4, -0.2) is 55.3 Å². The van der Waals surface area contributed by atoms with Crippen LogP contribution in [0.25, 0.3) is 10.9 Å². The maximum absolute atomic E-state index is 14.0. The van der Waals surface area contributed by atoms with Crippen molar-refractivity contribution in [3.05, 3.63) is 48.0 Å². The van der Waals surface area contributed by atoms with Crippen LogP contribution in [-0.2, 0) is 6.54 Å². The second-order valence-electron chi connectivity index (χ2n) is 7.31. The molecule has 0 aliphatic carbocycles. The molecule has 1 atom stereocenters. The van der Waals surface area contributed by atoms with E-state index in [1.807, 2.05) is 18.2 Å². The van der Waals surface area contributed by atoms with Crippen molar-refractivity contribution in [1.29, 1.82) is 0 Å². The summed E-state index contributed by atoms with van der Waals surface area (Å²) in [5, 5.41) is 4.24. The van der Waals surface area contributed by atoms with Crippen molar-refractivity contribution in [2.24, 2.45) is 0 Å². The number of aromatic nitrogens is 2. The summed E-state index contributed by atoms with van der Waals surface area (Å²) < 4.78 is 29.8. The Kier molecular flexibility index (Phi) is 5.85. The number of rotatable bonds is 7. The highest BCUT2D eigenvalue weighted by Crippen LogP contribution is 2.29. The lowest BCUT2D eigenvalue weighted by molar-refractivity contribution is 0.326. The average Bonchev–Trinajstić information content (AvgIpc) is 3.19. The number of nitrogens with one attached hydrogen (secondary N) is 1. The van der Waals surface area contributed by atoms with Gasteiger partial charge < -0.3 is 19.5 Å². The molecule has 4 rings (SSSR count). The van der Waals surface area contributed by atoms with Gasteiger partial charge in [-0.15, -0.1) is 0 Å². The third kappa shape index (κ3) is 4.23. The second-order valence-corrected chi connectivity index (χ2v) is 7.31. The average molecular weight is 412 g/mol. The number of likely N-dealkylation sites (tertiary alicyclic amines) is 1. The van der Waals surface area contributed by atoms with Gasteiger partial charge in [-0.2, -0.15) is 0 Å². The first-order chi connectivity index (χ1) is 14.6. The molecule has 158 valence electrons. The van der Waals surface area contributed by atoms with Gasteiger partial charge in [-0.3, -0.25) is 4.90 Å². The minimum absolute atomic E-state index is 0.181. The fourth-order valence-corrected chi connectivity index (χ4v) is 3.83. The molecule has 0 amide bonds. The topological polar surface area (TPSA) is 68.7 Å². The van der Waals surface area contributed by atoms with E-state index in [9.17, 15) is 4.39 Å². The van der Waals surface area contributed by atoms with Crippen molar-refractivity contribution in [2.75, 3.05) is 39.7 Å². The van der Waals surface area contributed by atoms with Crippen LogP contribution >= 0.6 is 0 Å². The molecule has 1 unspecified atom stereocenters. The fraction of sp³-hybridized carbons (Fsp3) is 0.364. The van der Waals surface area contributed by atoms with Crippen molar-refractivity contribution in [2.45, 2.75) is 19.0 Å². The first-order valence-electron chi connectivity index (χ1n) is 9.78. The van der Waals surface area contributed by atoms with Crippen molar-refractivity contribution in [3.63, 3.8) is 0 Å². The number of hydrogen-bond donors (Lipinski definition) is 1. The Balaban J connectivity index is 1.47. The number of fused-ring (bicyclic) bond motifs is 1. The van der Waals surface area contributed by atoms with Gasteiger partial charge in [0.25, 0.3) is 0 Å². The van der Waals surface area contributed by atoms with Crippen molar-refractivity contribution < 1.29 is 18.6 Å². The van der Waals surface area contributed by atoms with Gasteiger partial charge in [-0.05, 0) is 30.2 Å². The molecule has 7 nitrogen and oxygen atoms in total. The van der Waals surface area contributed by atoms with E-state index in [4.69, 9.17) is 14.2 Å². The Labute approximate surface area is 174 Å². The zero-order valence-electron chi connectivity index (χ0n) is 17.3. The third-order valence-corrected chi connectivity index (χ3v) is 5.34. The first-order valence-corrected chi connectivity index (χ1v) is 9.78. The summed E-state index contributed by atoms with van der Waals surface area (Å²) in [5.74, 6) is 2.00. The largest absolute Gasteiger partial charge is 0.497 e. The Morgan fingerprint density at radius 2 is 1.80 bits per heavy atom. The number of anilines is 1. The minimum Gasteiger partial charge on any atom is -0.497 e. The predicted octanol–water partition coefficient (Wildman–Crippen LogP) is 3.48. The molecule has 1 fully saturated rings. The molecular formula is C22H25FN4O3. The predicted molar refractivity (Wildman–Crippen MR) is 113 cm³/mol. The summed E-state index contributed by atoms with van der Waals surface area (Å²) in [6, 6.07) is 9.17. The van der Waals surface area contributed by atoms with E-state index in [1.165, 1.54) is 19.5 Å². The number of benzene rings is 2. The molecule has 0 spiro atoms. The molecule has 1 aromatic heterocycles. The Morgan fingerprint density at radius 3 is 2.50 bits per heavy atom. The summed E-state index contributed by atoms with van der Waals surface area (Å²) in [4.78, 5) is 10.9. The van der Waals surface area contributed by atoms with Crippen LogP contribution in [0, 0.1) is 5.82 Å². The Bertz CT molecular complexity index is 1020. The van der Waals surface area contributed by atoms with Crippen LogP contribution in [0.15, 0.2) is 36.7 Å². The lowest BCUT2D eigenvalue weighted by Gasteiger charge is -2.18. The zero-order valence-corrected chi connectivity index (χ0v) is 17.3. The molecule has 8 heteroatoms. The van der Waals surface area contributed by atoms with Crippen LogP contribution in [0.3, 0.4) is 0 Å². The number of ether oxygens (including phenoxy) is 3. The molecule has 1 aliphatic rings. The molecule has 2 aromatic carbocycles. The molecule has 3 aromatic rings. The van der Waals surface area contributed by atoms with Gasteiger partial charge in [0.2, 0.25) is 0 Å². The van der Waals surface area contributed by atoms with Crippen molar-refractivity contribution >= 4 is 16.7 Å². The lowest BCUT2D eigenvalue weighted by Crippen LogP contribution is -2.26. The summed E-state index contributed by atoms with van der Waals surface area (Å²) in [6.45, 7) is 2.62. The first kappa shape index (κ1) is 20.2. The Morgan fingerprint density at radius 1 is 1.03 bits per heavy atom. The van der Waals surface area contributed by atoms with Crippen LogP contribution < -0.4 is 19.5 Å². The quantitative estimate of drug-likeness (QED) is 0.637. The molecule has 30 heavy (non-hydrogen) atoms. The minimum atomic E-state index is -0.435. The van der Waals surface area contributed by atoms with E-state index in [0.29, 0.717) is 11.3 Å². The summed E-state index contributed by atoms with van der Waals surface area (Å²) in [6.07, 6.45) is 2.43. The van der Waals surface area contributed by atoms with Crippen LogP contribution in [0.2, 0.25) is 0 Å². The van der Waals surface area contributed by atoms with Gasteiger partial charge in [-0.1, -0.05) is 0 Å². The summed E-state index contributed by atoms with van der Waals surface area (Å²) in [5.41, 5.74) is 1.68. The van der Waals surface area contributed by atoms with Gasteiger partial charge in [-0.25, -0.2) is 14.4 Å². The highest BCUT2D eigenvalue weighted by atomic mass is 19.1. The van der Waals surface area contributed by atoms with Crippen LogP contribution in [0.4, 0.5) is 10.2 Å². The molecule has 0 bridgehead atoms. The van der Waals surface area contributed by atoms with Gasteiger partial charge in [0.15, 0.2) is 11.6 Å². The lowest BCUT2D eigenvalue weighted by atomic mass is 10.2. The number of halogens is 1. The van der Waals surface area contributed by atoms with Crippen molar-refractivity contribution in [3.8, 4) is 17.2 Å². The van der Waals surface area contributed by atoms with E-state index >= 15 is 0 Å². The smallest absolute Gasteiger partial charge is 0.167 e. The molecule has 1 saturated heterocycles. The van der Waals surface area contributed by atoms with E-state index in [-0.39, 0.29) is 11.8 Å². The fourth-order valence-electron chi connectivity index (χ4n) is 3.83. The van der Waals surface area contributed by atoms with Gasteiger partial charge >= 0.3 is 0 Å². The number of nitrogens with zero attached hydrogens (tertiary/aromatic N) is 3. The van der Waals surface area contributed by atoms with Gasteiger partial charge in [0.05, 0.1) is 26.8 Å². The normalized spacial score (nSPS) is 16.6. The third-order valence-electron chi connectivity index (χ3n) is 5.34. The molecule has 0 radical (unpaired) electrons.